The lowest BCUT2D eigenvalue weighted by molar-refractivity contribution is -0.121. The summed E-state index contributed by atoms with van der Waals surface area (Å²) in [7, 11) is 0. The monoisotopic (exact) mass is 393 g/mol. The Labute approximate surface area is 148 Å². The van der Waals surface area contributed by atoms with Crippen molar-refractivity contribution in [3.63, 3.8) is 0 Å². The number of anilines is 1. The summed E-state index contributed by atoms with van der Waals surface area (Å²) in [5.74, 6) is 0.873. The molecule has 0 aliphatic rings. The van der Waals surface area contributed by atoms with E-state index in [1.54, 1.807) is 12.1 Å². The minimum atomic E-state index is -0.335. The first kappa shape index (κ1) is 17.4. The van der Waals surface area contributed by atoms with Gasteiger partial charge in [0.05, 0.1) is 5.69 Å². The molecular formula is C16H16BrN3O2S. The molecule has 2 N–H and O–H groups in total. The number of amides is 1. The van der Waals surface area contributed by atoms with Crippen molar-refractivity contribution in [3.05, 3.63) is 52.1 Å². The maximum atomic E-state index is 11.8. The van der Waals surface area contributed by atoms with E-state index in [9.17, 15) is 4.79 Å². The second-order valence-corrected chi connectivity index (χ2v) is 6.13. The van der Waals surface area contributed by atoms with Crippen LogP contribution in [-0.2, 0) is 4.79 Å². The molecule has 0 saturated carbocycles. The lowest BCUT2D eigenvalue weighted by atomic mass is 10.2. The first-order chi connectivity index (χ1) is 10.9. The van der Waals surface area contributed by atoms with Gasteiger partial charge in [-0.1, -0.05) is 12.1 Å². The molecule has 0 fully saturated rings. The van der Waals surface area contributed by atoms with Crippen molar-refractivity contribution >= 4 is 45.0 Å². The Bertz CT molecular complexity index is 737. The largest absolute Gasteiger partial charge is 0.484 e. The second-order valence-electron chi connectivity index (χ2n) is 4.87. The minimum absolute atomic E-state index is 0.113. The van der Waals surface area contributed by atoms with Gasteiger partial charge in [-0.3, -0.25) is 10.1 Å². The van der Waals surface area contributed by atoms with E-state index in [0.29, 0.717) is 11.6 Å². The van der Waals surface area contributed by atoms with Crippen molar-refractivity contribution in [3.8, 4) is 5.75 Å². The molecule has 5 nitrogen and oxygen atoms in total. The van der Waals surface area contributed by atoms with Gasteiger partial charge < -0.3 is 10.1 Å². The van der Waals surface area contributed by atoms with Gasteiger partial charge in [0.1, 0.15) is 11.6 Å². The van der Waals surface area contributed by atoms with Crippen LogP contribution in [-0.4, -0.2) is 22.6 Å². The number of ether oxygens (including phenoxy) is 1. The molecule has 1 aromatic carbocycles. The zero-order valence-electron chi connectivity index (χ0n) is 12.7. The van der Waals surface area contributed by atoms with E-state index in [4.69, 9.17) is 17.0 Å². The number of pyridine rings is 1. The summed E-state index contributed by atoms with van der Waals surface area (Å²) >= 11 is 8.46. The Kier molecular flexibility index (Phi) is 6.06. The molecule has 0 atom stereocenters. The highest BCUT2D eigenvalue weighted by atomic mass is 79.9. The number of carbonyl (C=O) groups excluding carboxylic acids is 1. The van der Waals surface area contributed by atoms with E-state index in [1.807, 2.05) is 38.1 Å². The van der Waals surface area contributed by atoms with E-state index >= 15 is 0 Å². The summed E-state index contributed by atoms with van der Waals surface area (Å²) in [4.78, 5) is 16.1. The standard InChI is InChI=1S/C16H16BrN3O2S/c1-10-4-3-5-12(8-10)22-9-15(21)20-16(23)19-14-7-6-13(17)11(2)18-14/h3-8H,9H2,1-2H3,(H2,18,19,20,21,23). The predicted octanol–water partition coefficient (Wildman–Crippen LogP) is 3.35. The van der Waals surface area contributed by atoms with Gasteiger partial charge in [-0.15, -0.1) is 0 Å². The van der Waals surface area contributed by atoms with Crippen LogP contribution in [0.2, 0.25) is 0 Å². The molecular weight excluding hydrogens is 378 g/mol. The van der Waals surface area contributed by atoms with Crippen LogP contribution in [0.4, 0.5) is 5.82 Å². The Morgan fingerprint density at radius 1 is 1.30 bits per heavy atom. The first-order valence-electron chi connectivity index (χ1n) is 6.87. The Morgan fingerprint density at radius 2 is 2.09 bits per heavy atom. The van der Waals surface area contributed by atoms with Gasteiger partial charge in [0.15, 0.2) is 11.7 Å². The number of rotatable bonds is 4. The first-order valence-corrected chi connectivity index (χ1v) is 8.07. The predicted molar refractivity (Wildman–Crippen MR) is 97.7 cm³/mol. The van der Waals surface area contributed by atoms with Gasteiger partial charge in [0, 0.05) is 4.47 Å². The molecule has 0 aliphatic carbocycles. The lowest BCUT2D eigenvalue weighted by Gasteiger charge is -2.11. The van der Waals surface area contributed by atoms with Crippen molar-refractivity contribution in [1.82, 2.24) is 10.3 Å². The number of aryl methyl sites for hydroxylation is 2. The Balaban J connectivity index is 1.82. The molecule has 2 rings (SSSR count). The fraction of sp³-hybridized carbons (Fsp3) is 0.188. The normalized spacial score (nSPS) is 10.0. The molecule has 0 bridgehead atoms. The Morgan fingerprint density at radius 3 is 2.78 bits per heavy atom. The second kappa shape index (κ2) is 8.03. The fourth-order valence-corrected chi connectivity index (χ4v) is 2.22. The molecule has 0 saturated heterocycles. The zero-order chi connectivity index (χ0) is 16.8. The van der Waals surface area contributed by atoms with E-state index < -0.39 is 0 Å². The molecule has 1 aromatic heterocycles. The Hall–Kier alpha value is -1.99. The van der Waals surface area contributed by atoms with Crippen molar-refractivity contribution in [2.24, 2.45) is 0 Å². The van der Waals surface area contributed by atoms with Crippen LogP contribution in [0, 0.1) is 13.8 Å². The number of hydrogen-bond acceptors (Lipinski definition) is 4. The molecule has 23 heavy (non-hydrogen) atoms. The molecule has 0 aliphatic heterocycles. The summed E-state index contributed by atoms with van der Waals surface area (Å²) in [5.41, 5.74) is 1.89. The van der Waals surface area contributed by atoms with Crippen LogP contribution in [0.15, 0.2) is 40.9 Å². The van der Waals surface area contributed by atoms with Gasteiger partial charge in [-0.2, -0.15) is 0 Å². The summed E-state index contributed by atoms with van der Waals surface area (Å²) in [6.45, 7) is 3.71. The van der Waals surface area contributed by atoms with Gasteiger partial charge in [0.25, 0.3) is 5.91 Å². The maximum absolute atomic E-state index is 11.8. The molecule has 0 unspecified atom stereocenters. The SMILES string of the molecule is Cc1cccc(OCC(=O)NC(=S)Nc2ccc(Br)c(C)n2)c1. The van der Waals surface area contributed by atoms with E-state index in [0.717, 1.165) is 15.7 Å². The van der Waals surface area contributed by atoms with Gasteiger partial charge in [-0.25, -0.2) is 4.98 Å². The van der Waals surface area contributed by atoms with Crippen LogP contribution in [0.25, 0.3) is 0 Å². The number of benzene rings is 1. The molecule has 120 valence electrons. The number of halogens is 1. The van der Waals surface area contributed by atoms with Crippen LogP contribution in [0.5, 0.6) is 5.75 Å². The van der Waals surface area contributed by atoms with Crippen LogP contribution >= 0.6 is 28.1 Å². The van der Waals surface area contributed by atoms with Crippen molar-refractivity contribution in [1.29, 1.82) is 0 Å². The highest BCUT2D eigenvalue weighted by Crippen LogP contribution is 2.16. The smallest absolute Gasteiger partial charge is 0.264 e. The molecule has 0 radical (unpaired) electrons. The van der Waals surface area contributed by atoms with Gasteiger partial charge >= 0.3 is 0 Å². The van der Waals surface area contributed by atoms with Gasteiger partial charge in [0.2, 0.25) is 0 Å². The third kappa shape index (κ3) is 5.61. The van der Waals surface area contributed by atoms with Crippen LogP contribution in [0.3, 0.4) is 0 Å². The number of thiocarbonyl (C=S) groups is 1. The average Bonchev–Trinajstić information content (AvgIpc) is 2.49. The third-order valence-corrected chi connectivity index (χ3v) is 3.92. The zero-order valence-corrected chi connectivity index (χ0v) is 15.1. The van der Waals surface area contributed by atoms with Crippen molar-refractivity contribution < 1.29 is 9.53 Å². The third-order valence-electron chi connectivity index (χ3n) is 2.88. The summed E-state index contributed by atoms with van der Waals surface area (Å²) in [6, 6.07) is 11.1. The highest BCUT2D eigenvalue weighted by Gasteiger charge is 2.07. The summed E-state index contributed by atoms with van der Waals surface area (Å²) in [6.07, 6.45) is 0. The van der Waals surface area contributed by atoms with Crippen LogP contribution in [0.1, 0.15) is 11.3 Å². The van der Waals surface area contributed by atoms with Gasteiger partial charge in [-0.05, 0) is 71.8 Å². The molecule has 1 amide bonds. The summed E-state index contributed by atoms with van der Waals surface area (Å²) < 4.78 is 6.32. The number of aromatic nitrogens is 1. The number of hydrogen-bond donors (Lipinski definition) is 2. The average molecular weight is 394 g/mol. The van der Waals surface area contributed by atoms with E-state index in [-0.39, 0.29) is 17.6 Å². The van der Waals surface area contributed by atoms with E-state index in [1.165, 1.54) is 0 Å². The maximum Gasteiger partial charge on any atom is 0.264 e. The quantitative estimate of drug-likeness (QED) is 0.779. The number of carbonyl (C=O) groups is 1. The van der Waals surface area contributed by atoms with Crippen molar-refractivity contribution in [2.75, 3.05) is 11.9 Å². The highest BCUT2D eigenvalue weighted by molar-refractivity contribution is 9.10. The fourth-order valence-electron chi connectivity index (χ4n) is 1.78. The number of nitrogens with one attached hydrogen (secondary N) is 2. The molecule has 7 heteroatoms. The van der Waals surface area contributed by atoms with Crippen molar-refractivity contribution in [2.45, 2.75) is 13.8 Å². The minimum Gasteiger partial charge on any atom is -0.484 e. The van der Waals surface area contributed by atoms with E-state index in [2.05, 4.69) is 31.5 Å². The topological polar surface area (TPSA) is 63.2 Å². The molecule has 0 spiro atoms. The molecule has 2 aromatic rings. The van der Waals surface area contributed by atoms with Crippen LogP contribution < -0.4 is 15.4 Å². The summed E-state index contributed by atoms with van der Waals surface area (Å²) in [5, 5.41) is 5.59. The number of nitrogens with zero attached hydrogens (tertiary/aromatic N) is 1. The molecule has 1 heterocycles. The lowest BCUT2D eigenvalue weighted by Crippen LogP contribution is -2.37.